The first-order valence-corrected chi connectivity index (χ1v) is 16.7. The molecule has 1 atom stereocenters. The lowest BCUT2D eigenvalue weighted by Gasteiger charge is -2.20. The van der Waals surface area contributed by atoms with Crippen LogP contribution in [0.15, 0.2) is 158 Å². The number of rotatable bonds is 19. The average molecular weight is 698 g/mol. The molecule has 0 saturated carbocycles. The molecule has 0 radical (unpaired) electrons. The largest absolute Gasteiger partial charge is 0.532 e. The summed E-state index contributed by atoms with van der Waals surface area (Å²) in [5.41, 5.74) is 0.337. The number of aliphatic imine (C=N–C) groups is 1. The Balaban J connectivity index is 1.70. The van der Waals surface area contributed by atoms with Gasteiger partial charge in [0.05, 0.1) is 18.2 Å². The average Bonchev–Trinajstić information content (AvgIpc) is 3.11. The number of ether oxygens (including phenoxy) is 1. The zero-order chi connectivity index (χ0) is 34.8. The lowest BCUT2D eigenvalue weighted by Crippen LogP contribution is -2.09. The van der Waals surface area contributed by atoms with E-state index in [9.17, 15) is 4.79 Å². The van der Waals surface area contributed by atoms with E-state index in [1.165, 1.54) is 25.5 Å². The summed E-state index contributed by atoms with van der Waals surface area (Å²) in [6, 6.07) is 21.7. The standard InChI is InChI=1S/C36H33N3O8P2/c1-6-9-17-27(4)42-48(45-33(16-7-2)37-8-3)44-32-26-28(41-5)22-23-30(32)36(40)29-18-10-11-19-31(29)43-49(46-34-20-12-14-24-38-34)47-35-21-13-15-25-39-35/h6-26H,1-2,4H2,3,5H3/b17-9-,33-16+,37-8-. The fourth-order valence-corrected chi connectivity index (χ4v) is 5.59. The highest BCUT2D eigenvalue weighted by atomic mass is 31.2. The van der Waals surface area contributed by atoms with Crippen molar-refractivity contribution in [2.75, 3.05) is 7.11 Å². The molecule has 2 heterocycles. The van der Waals surface area contributed by atoms with Crippen molar-refractivity contribution < 1.29 is 36.7 Å². The molecule has 1 unspecified atom stereocenters. The van der Waals surface area contributed by atoms with Crippen molar-refractivity contribution in [3.63, 3.8) is 0 Å². The van der Waals surface area contributed by atoms with E-state index in [1.54, 1.807) is 116 Å². The van der Waals surface area contributed by atoms with Gasteiger partial charge in [0.1, 0.15) is 23.0 Å². The van der Waals surface area contributed by atoms with Gasteiger partial charge in [-0.05, 0) is 49.4 Å². The zero-order valence-electron chi connectivity index (χ0n) is 26.7. The quantitative estimate of drug-likeness (QED) is 0.0308. The normalized spacial score (nSPS) is 11.9. The molecular formula is C36H33N3O8P2. The molecule has 0 bridgehead atoms. The summed E-state index contributed by atoms with van der Waals surface area (Å²) in [6.45, 7) is 13.0. The predicted octanol–water partition coefficient (Wildman–Crippen LogP) is 9.49. The number of pyridine rings is 2. The maximum atomic E-state index is 14.3. The highest BCUT2D eigenvalue weighted by Crippen LogP contribution is 2.48. The number of carbonyl (C=O) groups excluding carboxylic acids is 1. The third-order valence-corrected chi connectivity index (χ3v) is 7.90. The Morgan fingerprint density at radius 1 is 0.776 bits per heavy atom. The summed E-state index contributed by atoms with van der Waals surface area (Å²) in [5, 5.41) is 0. The maximum Gasteiger partial charge on any atom is 0.532 e. The third kappa shape index (κ3) is 11.2. The van der Waals surface area contributed by atoms with E-state index in [1.807, 2.05) is 0 Å². The Kier molecular flexibility index (Phi) is 14.1. The molecule has 13 heteroatoms. The van der Waals surface area contributed by atoms with E-state index < -0.39 is 23.0 Å². The van der Waals surface area contributed by atoms with Gasteiger partial charge in [0.25, 0.3) is 0 Å². The lowest BCUT2D eigenvalue weighted by atomic mass is 10.0. The van der Waals surface area contributed by atoms with Gasteiger partial charge in [-0.2, -0.15) is 0 Å². The van der Waals surface area contributed by atoms with Crippen LogP contribution in [-0.4, -0.2) is 29.1 Å². The van der Waals surface area contributed by atoms with E-state index in [4.69, 9.17) is 31.9 Å². The van der Waals surface area contributed by atoms with Gasteiger partial charge in [-0.3, -0.25) is 4.79 Å². The number of nitrogens with zero attached hydrogens (tertiary/aromatic N) is 3. The van der Waals surface area contributed by atoms with Crippen molar-refractivity contribution in [1.29, 1.82) is 0 Å². The number of para-hydroxylation sites is 1. The zero-order valence-corrected chi connectivity index (χ0v) is 28.5. The molecular weight excluding hydrogens is 664 g/mol. The van der Waals surface area contributed by atoms with E-state index in [0.29, 0.717) is 5.75 Å². The minimum Gasteiger partial charge on any atom is -0.497 e. The minimum atomic E-state index is -2.27. The molecule has 0 aliphatic rings. The highest BCUT2D eigenvalue weighted by molar-refractivity contribution is 7.43. The van der Waals surface area contributed by atoms with Crippen molar-refractivity contribution >= 4 is 29.2 Å². The van der Waals surface area contributed by atoms with Gasteiger partial charge in [-0.1, -0.05) is 62.2 Å². The number of hydrogen-bond donors (Lipinski definition) is 0. The summed E-state index contributed by atoms with van der Waals surface area (Å²) in [4.78, 5) is 26.9. The van der Waals surface area contributed by atoms with Gasteiger partial charge >= 0.3 is 17.2 Å². The summed E-state index contributed by atoms with van der Waals surface area (Å²) in [5.74, 6) is 1.14. The van der Waals surface area contributed by atoms with Crippen LogP contribution >= 0.6 is 17.2 Å². The summed E-state index contributed by atoms with van der Waals surface area (Å²) >= 11 is 0. The molecule has 0 spiro atoms. The van der Waals surface area contributed by atoms with Gasteiger partial charge in [-0.25, -0.2) is 15.0 Å². The first-order valence-electron chi connectivity index (χ1n) is 14.5. The molecule has 0 saturated heterocycles. The van der Waals surface area contributed by atoms with Gasteiger partial charge in [0, 0.05) is 42.9 Å². The van der Waals surface area contributed by atoms with E-state index in [0.717, 1.165) is 0 Å². The fraction of sp³-hybridized carbons (Fsp3) is 0.0556. The summed E-state index contributed by atoms with van der Waals surface area (Å²) in [6.07, 6.45) is 12.5. The van der Waals surface area contributed by atoms with E-state index in [-0.39, 0.29) is 46.0 Å². The second-order valence-electron chi connectivity index (χ2n) is 9.21. The van der Waals surface area contributed by atoms with Crippen molar-refractivity contribution in [2.24, 2.45) is 4.99 Å². The molecule has 250 valence electrons. The molecule has 0 N–H and O–H groups in total. The number of methoxy groups -OCH3 is 1. The van der Waals surface area contributed by atoms with E-state index >= 15 is 0 Å². The molecule has 0 aliphatic heterocycles. The van der Waals surface area contributed by atoms with Crippen LogP contribution in [0.5, 0.6) is 29.0 Å². The molecule has 11 nitrogen and oxygen atoms in total. The fourth-order valence-electron chi connectivity index (χ4n) is 3.70. The van der Waals surface area contributed by atoms with Crippen molar-refractivity contribution in [3.05, 3.63) is 164 Å². The molecule has 0 aliphatic carbocycles. The monoisotopic (exact) mass is 697 g/mol. The van der Waals surface area contributed by atoms with Crippen LogP contribution in [0, 0.1) is 0 Å². The van der Waals surface area contributed by atoms with Crippen LogP contribution in [-0.2, 0) is 9.05 Å². The second-order valence-corrected chi connectivity index (χ2v) is 11.2. The van der Waals surface area contributed by atoms with Crippen molar-refractivity contribution in [3.8, 4) is 29.0 Å². The van der Waals surface area contributed by atoms with Crippen LogP contribution in [0.25, 0.3) is 0 Å². The molecule has 0 amide bonds. The van der Waals surface area contributed by atoms with Crippen LogP contribution in [0.2, 0.25) is 0 Å². The molecule has 2 aromatic heterocycles. The number of allylic oxidation sites excluding steroid dienone is 5. The van der Waals surface area contributed by atoms with Crippen LogP contribution in [0.1, 0.15) is 22.8 Å². The third-order valence-electron chi connectivity index (χ3n) is 5.82. The molecule has 2 aromatic carbocycles. The van der Waals surface area contributed by atoms with Crippen molar-refractivity contribution in [2.45, 2.75) is 6.92 Å². The van der Waals surface area contributed by atoms with E-state index in [2.05, 4.69) is 34.7 Å². The number of benzene rings is 2. The van der Waals surface area contributed by atoms with Crippen molar-refractivity contribution in [1.82, 2.24) is 9.97 Å². The SMILES string of the molecule is C=C/C=C\C(=C)OP(OC(=C/C=C)/N=C\C)Oc1cc(OC)ccc1C(=O)c1ccccc1OP(Oc1ccccn1)Oc1ccccn1. The van der Waals surface area contributed by atoms with Gasteiger partial charge < -0.3 is 31.9 Å². The van der Waals surface area contributed by atoms with Gasteiger partial charge in [0.15, 0.2) is 0 Å². The second kappa shape index (κ2) is 19.2. The number of hydrogen-bond acceptors (Lipinski definition) is 11. The van der Waals surface area contributed by atoms with Gasteiger partial charge in [0.2, 0.25) is 23.4 Å². The Morgan fingerprint density at radius 2 is 1.43 bits per heavy atom. The molecule has 0 fully saturated rings. The Labute approximate surface area is 287 Å². The topological polar surface area (TPSA) is 120 Å². The first kappa shape index (κ1) is 36.1. The summed E-state index contributed by atoms with van der Waals surface area (Å²) in [7, 11) is -2.95. The molecule has 4 aromatic rings. The number of ketones is 1. The van der Waals surface area contributed by atoms with Crippen LogP contribution < -0.4 is 22.8 Å². The Morgan fingerprint density at radius 3 is 2.04 bits per heavy atom. The minimum absolute atomic E-state index is 0.0981. The number of carbonyl (C=O) groups is 1. The Bertz CT molecular complexity index is 1780. The smallest absolute Gasteiger partial charge is 0.497 e. The highest BCUT2D eigenvalue weighted by Gasteiger charge is 2.28. The van der Waals surface area contributed by atoms with Crippen LogP contribution in [0.3, 0.4) is 0 Å². The molecule has 4 rings (SSSR count). The predicted molar refractivity (Wildman–Crippen MR) is 191 cm³/mol. The van der Waals surface area contributed by atoms with Gasteiger partial charge in [-0.15, -0.1) is 0 Å². The number of aromatic nitrogens is 2. The Hall–Kier alpha value is -5.76. The maximum absolute atomic E-state index is 14.3. The first-order chi connectivity index (χ1) is 23.9. The molecule has 49 heavy (non-hydrogen) atoms. The lowest BCUT2D eigenvalue weighted by molar-refractivity contribution is 0.103. The summed E-state index contributed by atoms with van der Waals surface area (Å²) < 4.78 is 41.7. The van der Waals surface area contributed by atoms with Crippen LogP contribution in [0.4, 0.5) is 0 Å².